The quantitative estimate of drug-likeness (QED) is 0.609. The zero-order valence-corrected chi connectivity index (χ0v) is 14.4. The fraction of sp³-hybridized carbons (Fsp3) is 0.333. The second-order valence-electron chi connectivity index (χ2n) is 6.75. The highest BCUT2D eigenvalue weighted by Crippen LogP contribution is 2.27. The number of phenolic OH excluding ortho intramolecular Hbond substituents is 2. The Morgan fingerprint density at radius 1 is 1.08 bits per heavy atom. The third-order valence-electron chi connectivity index (χ3n) is 4.67. The normalized spacial score (nSPS) is 15.6. The van der Waals surface area contributed by atoms with Crippen LogP contribution in [0.1, 0.15) is 41.7 Å². The highest BCUT2D eigenvalue weighted by atomic mass is 16.3. The van der Waals surface area contributed by atoms with E-state index in [0.717, 1.165) is 19.3 Å². The van der Waals surface area contributed by atoms with Gasteiger partial charge in [-0.05, 0) is 60.6 Å². The predicted octanol–water partition coefficient (Wildman–Crippen LogP) is 3.31. The summed E-state index contributed by atoms with van der Waals surface area (Å²) in [6, 6.07) is 11.3. The third-order valence-corrected chi connectivity index (χ3v) is 4.67. The summed E-state index contributed by atoms with van der Waals surface area (Å²) in [6.07, 6.45) is 6.80. The second kappa shape index (κ2) is 7.72. The molecular formula is C21H25NO3. The van der Waals surface area contributed by atoms with E-state index in [9.17, 15) is 15.3 Å². The van der Waals surface area contributed by atoms with Crippen LogP contribution in [0.4, 0.5) is 0 Å². The van der Waals surface area contributed by atoms with Crippen molar-refractivity contribution in [1.82, 2.24) is 5.32 Å². The minimum absolute atomic E-state index is 0.182. The zero-order valence-electron chi connectivity index (χ0n) is 14.4. The SMILES string of the molecule is CC(Cc1ccc2c(c1)C=CCC2)NCC(O)c1ccc(O)c(O)c1. The van der Waals surface area contributed by atoms with Crippen molar-refractivity contribution in [3.05, 3.63) is 64.7 Å². The number of phenols is 2. The lowest BCUT2D eigenvalue weighted by atomic mass is 9.94. The van der Waals surface area contributed by atoms with Gasteiger partial charge in [0.1, 0.15) is 0 Å². The first kappa shape index (κ1) is 17.5. The second-order valence-corrected chi connectivity index (χ2v) is 6.75. The van der Waals surface area contributed by atoms with E-state index in [4.69, 9.17) is 0 Å². The monoisotopic (exact) mass is 339 g/mol. The number of fused-ring (bicyclic) bond motifs is 1. The van der Waals surface area contributed by atoms with Gasteiger partial charge in [0, 0.05) is 12.6 Å². The molecule has 0 radical (unpaired) electrons. The van der Waals surface area contributed by atoms with Crippen molar-refractivity contribution in [2.45, 2.75) is 38.3 Å². The first-order chi connectivity index (χ1) is 12.0. The number of aryl methyl sites for hydroxylation is 1. The van der Waals surface area contributed by atoms with Crippen LogP contribution in [-0.2, 0) is 12.8 Å². The minimum Gasteiger partial charge on any atom is -0.504 e. The molecule has 132 valence electrons. The van der Waals surface area contributed by atoms with E-state index >= 15 is 0 Å². The summed E-state index contributed by atoms with van der Waals surface area (Å²) < 4.78 is 0. The van der Waals surface area contributed by atoms with Crippen molar-refractivity contribution in [1.29, 1.82) is 0 Å². The van der Waals surface area contributed by atoms with Crippen molar-refractivity contribution in [3.63, 3.8) is 0 Å². The lowest BCUT2D eigenvalue weighted by Gasteiger charge is -2.19. The van der Waals surface area contributed by atoms with Crippen LogP contribution in [0.25, 0.3) is 6.08 Å². The Labute approximate surface area is 148 Å². The van der Waals surface area contributed by atoms with Crippen LogP contribution in [0.5, 0.6) is 11.5 Å². The molecule has 0 fully saturated rings. The van der Waals surface area contributed by atoms with Gasteiger partial charge in [-0.15, -0.1) is 0 Å². The first-order valence-electron chi connectivity index (χ1n) is 8.74. The van der Waals surface area contributed by atoms with Crippen LogP contribution < -0.4 is 5.32 Å². The number of benzene rings is 2. The molecule has 0 saturated heterocycles. The molecule has 2 aromatic rings. The summed E-state index contributed by atoms with van der Waals surface area (Å²) in [7, 11) is 0. The molecule has 0 bridgehead atoms. The van der Waals surface area contributed by atoms with E-state index in [1.807, 2.05) is 0 Å². The van der Waals surface area contributed by atoms with E-state index in [0.29, 0.717) is 12.1 Å². The molecule has 3 rings (SSSR count). The topological polar surface area (TPSA) is 72.7 Å². The van der Waals surface area contributed by atoms with Crippen LogP contribution in [0.3, 0.4) is 0 Å². The van der Waals surface area contributed by atoms with Crippen LogP contribution >= 0.6 is 0 Å². The number of hydrogen-bond donors (Lipinski definition) is 4. The summed E-state index contributed by atoms with van der Waals surface area (Å²) in [5, 5.41) is 32.4. The molecule has 0 saturated carbocycles. The highest BCUT2D eigenvalue weighted by molar-refractivity contribution is 5.57. The molecule has 2 atom stereocenters. The summed E-state index contributed by atoms with van der Waals surface area (Å²) in [6.45, 7) is 2.48. The molecule has 2 aromatic carbocycles. The summed E-state index contributed by atoms with van der Waals surface area (Å²) in [5.41, 5.74) is 4.58. The molecule has 25 heavy (non-hydrogen) atoms. The molecule has 0 heterocycles. The smallest absolute Gasteiger partial charge is 0.157 e. The molecule has 2 unspecified atom stereocenters. The van der Waals surface area contributed by atoms with E-state index in [1.165, 1.54) is 28.8 Å². The van der Waals surface area contributed by atoms with E-state index in [-0.39, 0.29) is 17.5 Å². The number of hydrogen-bond acceptors (Lipinski definition) is 4. The number of aromatic hydroxyl groups is 2. The van der Waals surface area contributed by atoms with Gasteiger partial charge in [0.05, 0.1) is 6.10 Å². The van der Waals surface area contributed by atoms with Gasteiger partial charge in [0.25, 0.3) is 0 Å². The molecule has 1 aliphatic carbocycles. The maximum atomic E-state index is 10.2. The predicted molar refractivity (Wildman–Crippen MR) is 99.7 cm³/mol. The summed E-state index contributed by atoms with van der Waals surface area (Å²) in [4.78, 5) is 0. The van der Waals surface area contributed by atoms with Gasteiger partial charge < -0.3 is 20.6 Å². The van der Waals surface area contributed by atoms with Crippen LogP contribution in [-0.4, -0.2) is 27.9 Å². The fourth-order valence-corrected chi connectivity index (χ4v) is 3.21. The number of allylic oxidation sites excluding steroid dienone is 1. The number of aliphatic hydroxyl groups is 1. The molecule has 0 aliphatic heterocycles. The molecular weight excluding hydrogens is 314 g/mol. The third kappa shape index (κ3) is 4.41. The minimum atomic E-state index is -0.736. The van der Waals surface area contributed by atoms with E-state index in [1.54, 1.807) is 6.07 Å². The van der Waals surface area contributed by atoms with Gasteiger partial charge in [-0.1, -0.05) is 36.4 Å². The Morgan fingerprint density at radius 3 is 2.72 bits per heavy atom. The van der Waals surface area contributed by atoms with Crippen molar-refractivity contribution in [2.75, 3.05) is 6.54 Å². The lowest BCUT2D eigenvalue weighted by molar-refractivity contribution is 0.170. The lowest BCUT2D eigenvalue weighted by Crippen LogP contribution is -2.32. The standard InChI is InChI=1S/C21H25NO3/c1-14(10-15-6-7-16-4-2-3-5-17(16)11-15)22-13-21(25)18-8-9-19(23)20(24)12-18/h3,5-9,11-12,14,21-25H,2,4,10,13H2,1H3. The van der Waals surface area contributed by atoms with Gasteiger partial charge in [0.15, 0.2) is 11.5 Å². The van der Waals surface area contributed by atoms with Gasteiger partial charge in [0.2, 0.25) is 0 Å². The average Bonchev–Trinajstić information content (AvgIpc) is 2.62. The maximum absolute atomic E-state index is 10.2. The van der Waals surface area contributed by atoms with Crippen LogP contribution in [0.2, 0.25) is 0 Å². The summed E-state index contributed by atoms with van der Waals surface area (Å²) >= 11 is 0. The zero-order chi connectivity index (χ0) is 17.8. The van der Waals surface area contributed by atoms with Gasteiger partial charge >= 0.3 is 0 Å². The first-order valence-corrected chi connectivity index (χ1v) is 8.74. The summed E-state index contributed by atoms with van der Waals surface area (Å²) in [5.74, 6) is -0.398. The van der Waals surface area contributed by atoms with Gasteiger partial charge in [-0.25, -0.2) is 0 Å². The van der Waals surface area contributed by atoms with Gasteiger partial charge in [-0.3, -0.25) is 0 Å². The Kier molecular flexibility index (Phi) is 5.41. The highest BCUT2D eigenvalue weighted by Gasteiger charge is 2.13. The van der Waals surface area contributed by atoms with Crippen molar-refractivity contribution in [3.8, 4) is 11.5 Å². The van der Waals surface area contributed by atoms with Crippen LogP contribution in [0, 0.1) is 0 Å². The molecule has 0 amide bonds. The molecule has 4 nitrogen and oxygen atoms in total. The largest absolute Gasteiger partial charge is 0.504 e. The molecule has 4 N–H and O–H groups in total. The Morgan fingerprint density at radius 2 is 1.92 bits per heavy atom. The van der Waals surface area contributed by atoms with Crippen molar-refractivity contribution >= 4 is 6.08 Å². The van der Waals surface area contributed by atoms with E-state index in [2.05, 4.69) is 42.6 Å². The number of nitrogens with one attached hydrogen (secondary N) is 1. The number of rotatable bonds is 6. The van der Waals surface area contributed by atoms with Gasteiger partial charge in [-0.2, -0.15) is 0 Å². The molecule has 0 spiro atoms. The molecule has 1 aliphatic rings. The van der Waals surface area contributed by atoms with Crippen molar-refractivity contribution < 1.29 is 15.3 Å². The van der Waals surface area contributed by atoms with Crippen molar-refractivity contribution in [2.24, 2.45) is 0 Å². The Balaban J connectivity index is 1.55. The maximum Gasteiger partial charge on any atom is 0.157 e. The fourth-order valence-electron chi connectivity index (χ4n) is 3.21. The average molecular weight is 339 g/mol. The van der Waals surface area contributed by atoms with E-state index < -0.39 is 6.10 Å². The molecule has 4 heteroatoms. The van der Waals surface area contributed by atoms with Crippen LogP contribution in [0.15, 0.2) is 42.5 Å². The molecule has 0 aromatic heterocycles. The number of aliphatic hydroxyl groups excluding tert-OH is 1. The Bertz CT molecular complexity index is 770. The Hall–Kier alpha value is -2.30.